The van der Waals surface area contributed by atoms with Gasteiger partial charge in [-0.25, -0.2) is 0 Å². The van der Waals surface area contributed by atoms with Crippen LogP contribution < -0.4 is 0 Å². The minimum Gasteiger partial charge on any atom is -0.369 e. The number of aliphatic hydroxyl groups is 1. The summed E-state index contributed by atoms with van der Waals surface area (Å²) in [4.78, 5) is 27.1. The molecule has 0 aromatic heterocycles. The number of hydrogen-bond donors (Lipinski definition) is 1. The average Bonchev–Trinajstić information content (AvgIpc) is 3.45. The number of amides is 2. The first kappa shape index (κ1) is 34.0. The predicted octanol–water partition coefficient (Wildman–Crippen LogP) is 7.90. The van der Waals surface area contributed by atoms with Crippen molar-refractivity contribution in [2.75, 3.05) is 12.3 Å². The lowest BCUT2D eigenvalue weighted by molar-refractivity contribution is -0.376. The molecule has 2 unspecified atom stereocenters. The number of hydrogen-bond acceptors (Lipinski definition) is 4. The maximum atomic E-state index is 13.7. The van der Waals surface area contributed by atoms with Crippen molar-refractivity contribution >= 4 is 29.1 Å². The number of rotatable bonds is 12. The summed E-state index contributed by atoms with van der Waals surface area (Å²) in [6.45, 7) is 9.63. The van der Waals surface area contributed by atoms with Gasteiger partial charge in [0, 0.05) is 29.9 Å². The Balaban J connectivity index is 1.82. The quantitative estimate of drug-likeness (QED) is 0.147. The van der Waals surface area contributed by atoms with Crippen molar-refractivity contribution in [2.24, 2.45) is 11.3 Å². The Morgan fingerprint density at radius 1 is 1.05 bits per heavy atom. The molecule has 1 aromatic carbocycles. The van der Waals surface area contributed by atoms with Gasteiger partial charge in [0.25, 0.3) is 11.5 Å². The molecule has 0 saturated heterocycles. The van der Waals surface area contributed by atoms with Crippen LogP contribution in [-0.2, 0) is 28.0 Å². The standard InChI is InChI=1S/C31H37F6NO3S/c1-5-9-21-17-24(29(41,30(32,33)34)31(35,36)37)18-22(10-6-2)26(21)20(3)11-7-8-15-38-25(39)12-14-28(4,27(38)40)23-13-16-42-19-23/h12-14,16-18,23,41H,3,5-11,15,19H2,1-2,4H3. The number of nitrogens with zero attached hydrogens (tertiary/aromatic N) is 1. The van der Waals surface area contributed by atoms with E-state index in [1.165, 1.54) is 11.0 Å². The first-order valence-electron chi connectivity index (χ1n) is 14.1. The van der Waals surface area contributed by atoms with E-state index in [0.717, 1.165) is 17.9 Å². The number of aryl methyl sites for hydroxylation is 2. The molecule has 232 valence electrons. The van der Waals surface area contributed by atoms with Gasteiger partial charge in [-0.15, -0.1) is 11.8 Å². The Hall–Kier alpha value is -2.53. The molecule has 42 heavy (non-hydrogen) atoms. The molecule has 1 N–H and O–H groups in total. The van der Waals surface area contributed by atoms with Crippen LogP contribution in [0.5, 0.6) is 0 Å². The highest BCUT2D eigenvalue weighted by Crippen LogP contribution is 2.51. The first-order valence-corrected chi connectivity index (χ1v) is 15.1. The molecule has 2 amide bonds. The van der Waals surface area contributed by atoms with E-state index in [9.17, 15) is 41.0 Å². The van der Waals surface area contributed by atoms with Gasteiger partial charge >= 0.3 is 12.4 Å². The summed E-state index contributed by atoms with van der Waals surface area (Å²) in [5.74, 6) is 0.0695. The highest BCUT2D eigenvalue weighted by atomic mass is 32.2. The fourth-order valence-corrected chi connectivity index (χ4v) is 6.69. The molecule has 2 heterocycles. The largest absolute Gasteiger partial charge is 0.430 e. The number of unbranched alkanes of at least 4 members (excludes halogenated alkanes) is 1. The van der Waals surface area contributed by atoms with Crippen LogP contribution in [-0.4, -0.2) is 46.5 Å². The lowest BCUT2D eigenvalue weighted by Gasteiger charge is -2.37. The molecule has 0 spiro atoms. The molecule has 11 heteroatoms. The third kappa shape index (κ3) is 6.51. The third-order valence-electron chi connectivity index (χ3n) is 8.04. The zero-order valence-electron chi connectivity index (χ0n) is 24.0. The van der Waals surface area contributed by atoms with Gasteiger partial charge in [0.1, 0.15) is 0 Å². The Morgan fingerprint density at radius 2 is 1.62 bits per heavy atom. The Bertz CT molecular complexity index is 1210. The maximum Gasteiger partial charge on any atom is 0.430 e. The van der Waals surface area contributed by atoms with E-state index in [-0.39, 0.29) is 48.2 Å². The molecule has 3 rings (SSSR count). The summed E-state index contributed by atoms with van der Waals surface area (Å²) in [5, 5.41) is 12.0. The second kappa shape index (κ2) is 13.0. The Kier molecular flexibility index (Phi) is 10.5. The SMILES string of the molecule is C=C(CCCCN1C(=O)C=CC(C)(C2C=CSC2)C1=O)c1c(CCC)cc(C(O)(C(F)(F)F)C(F)(F)F)cc1CCC. The van der Waals surface area contributed by atoms with Crippen molar-refractivity contribution < 1.29 is 41.0 Å². The number of alkyl halides is 6. The van der Waals surface area contributed by atoms with Gasteiger partial charge in [-0.05, 0) is 66.7 Å². The van der Waals surface area contributed by atoms with E-state index in [1.807, 2.05) is 18.4 Å². The monoisotopic (exact) mass is 617 g/mol. The lowest BCUT2D eigenvalue weighted by Crippen LogP contribution is -2.54. The second-order valence-electron chi connectivity index (χ2n) is 11.1. The minimum atomic E-state index is -5.97. The number of thioether (sulfide) groups is 1. The average molecular weight is 618 g/mol. The van der Waals surface area contributed by atoms with E-state index in [4.69, 9.17) is 0 Å². The van der Waals surface area contributed by atoms with Crippen LogP contribution in [0.4, 0.5) is 26.3 Å². The number of carbonyl (C=O) groups excluding carboxylic acids is 2. The molecule has 0 radical (unpaired) electrons. The molecule has 2 aliphatic rings. The smallest absolute Gasteiger partial charge is 0.369 e. The van der Waals surface area contributed by atoms with Gasteiger partial charge in [0.05, 0.1) is 5.41 Å². The van der Waals surface area contributed by atoms with Crippen molar-refractivity contribution in [3.05, 3.63) is 64.6 Å². The Labute approximate surface area is 246 Å². The van der Waals surface area contributed by atoms with Crippen LogP contribution in [0.25, 0.3) is 5.57 Å². The van der Waals surface area contributed by atoms with E-state index in [1.54, 1.807) is 31.7 Å². The van der Waals surface area contributed by atoms with Gasteiger partial charge in [-0.2, -0.15) is 26.3 Å². The lowest BCUT2D eigenvalue weighted by atomic mass is 9.75. The van der Waals surface area contributed by atoms with Crippen molar-refractivity contribution in [3.63, 3.8) is 0 Å². The summed E-state index contributed by atoms with van der Waals surface area (Å²) in [7, 11) is 0. The molecule has 4 nitrogen and oxygen atoms in total. The zero-order chi connectivity index (χ0) is 31.5. The van der Waals surface area contributed by atoms with Gasteiger partial charge in [0.15, 0.2) is 0 Å². The van der Waals surface area contributed by atoms with Crippen LogP contribution in [0.3, 0.4) is 0 Å². The molecular weight excluding hydrogens is 580 g/mol. The summed E-state index contributed by atoms with van der Waals surface area (Å²) < 4.78 is 82.1. The highest BCUT2D eigenvalue weighted by molar-refractivity contribution is 8.02. The maximum absolute atomic E-state index is 13.7. The third-order valence-corrected chi connectivity index (χ3v) is 8.94. The molecular formula is C31H37F6NO3S. The van der Waals surface area contributed by atoms with E-state index < -0.39 is 28.9 Å². The zero-order valence-corrected chi connectivity index (χ0v) is 24.8. The number of imide groups is 1. The second-order valence-corrected chi connectivity index (χ2v) is 12.1. The molecule has 2 aliphatic heterocycles. The topological polar surface area (TPSA) is 57.6 Å². The summed E-state index contributed by atoms with van der Waals surface area (Å²) in [6, 6.07) is 1.61. The normalized spacial score (nSPS) is 21.5. The Morgan fingerprint density at radius 3 is 2.10 bits per heavy atom. The van der Waals surface area contributed by atoms with Gasteiger partial charge in [0.2, 0.25) is 5.91 Å². The van der Waals surface area contributed by atoms with Crippen molar-refractivity contribution in [1.29, 1.82) is 0 Å². The number of carbonyl (C=O) groups is 2. The summed E-state index contributed by atoms with van der Waals surface area (Å²) >= 11 is 1.61. The number of benzene rings is 1. The van der Waals surface area contributed by atoms with E-state index in [0.29, 0.717) is 43.2 Å². The summed E-state index contributed by atoms with van der Waals surface area (Å²) in [6.07, 6.45) is -4.29. The van der Waals surface area contributed by atoms with Crippen LogP contribution in [0.1, 0.15) is 75.1 Å². The van der Waals surface area contributed by atoms with Gasteiger partial charge < -0.3 is 5.11 Å². The van der Waals surface area contributed by atoms with Crippen molar-refractivity contribution in [3.8, 4) is 0 Å². The molecule has 0 aliphatic carbocycles. The number of allylic oxidation sites excluding steroid dienone is 2. The van der Waals surface area contributed by atoms with E-state index >= 15 is 0 Å². The fraction of sp³-hybridized carbons (Fsp3) is 0.548. The van der Waals surface area contributed by atoms with Crippen LogP contribution >= 0.6 is 11.8 Å². The predicted molar refractivity (Wildman–Crippen MR) is 152 cm³/mol. The van der Waals surface area contributed by atoms with Crippen LogP contribution in [0.2, 0.25) is 0 Å². The van der Waals surface area contributed by atoms with Crippen LogP contribution in [0, 0.1) is 11.3 Å². The van der Waals surface area contributed by atoms with Gasteiger partial charge in [-0.1, -0.05) is 57.6 Å². The summed E-state index contributed by atoms with van der Waals surface area (Å²) in [5.41, 5.74) is -5.49. The number of halogens is 6. The first-order chi connectivity index (χ1) is 19.5. The molecule has 0 fully saturated rings. The van der Waals surface area contributed by atoms with Gasteiger partial charge in [-0.3, -0.25) is 14.5 Å². The fourth-order valence-electron chi connectivity index (χ4n) is 5.61. The van der Waals surface area contributed by atoms with E-state index in [2.05, 4.69) is 6.58 Å². The van der Waals surface area contributed by atoms with Crippen molar-refractivity contribution in [2.45, 2.75) is 83.7 Å². The molecule has 2 atom stereocenters. The van der Waals surface area contributed by atoms with Crippen LogP contribution in [0.15, 0.2) is 42.3 Å². The molecule has 0 saturated carbocycles. The molecule has 0 bridgehead atoms. The highest BCUT2D eigenvalue weighted by Gasteiger charge is 2.71. The minimum absolute atomic E-state index is 0.0223. The molecule has 1 aromatic rings. The van der Waals surface area contributed by atoms with Crippen molar-refractivity contribution in [1.82, 2.24) is 4.90 Å².